The fraction of sp³-hybridized carbons (Fsp3) is 0.500. The second-order valence-corrected chi connectivity index (χ2v) is 6.39. The van der Waals surface area contributed by atoms with Gasteiger partial charge in [-0.3, -0.25) is 14.3 Å². The standard InChI is InChI=1S/C14H20N2O3S/c1-10(9-20(3)18)16-13(17)8-15-14(16)11-6-4-5-7-12(11)19-2/h4-7,10,14-15H,8-9H2,1-3H3. The van der Waals surface area contributed by atoms with E-state index in [0.717, 1.165) is 11.3 Å². The summed E-state index contributed by atoms with van der Waals surface area (Å²) >= 11 is 0. The highest BCUT2D eigenvalue weighted by Crippen LogP contribution is 2.31. The van der Waals surface area contributed by atoms with Gasteiger partial charge in [0.15, 0.2) is 0 Å². The van der Waals surface area contributed by atoms with Crippen LogP contribution in [0, 0.1) is 0 Å². The van der Waals surface area contributed by atoms with E-state index in [1.807, 2.05) is 31.2 Å². The molecule has 1 amide bonds. The van der Waals surface area contributed by atoms with E-state index in [0.29, 0.717) is 12.3 Å². The minimum atomic E-state index is -0.938. The summed E-state index contributed by atoms with van der Waals surface area (Å²) in [5, 5.41) is 3.20. The van der Waals surface area contributed by atoms with Crippen molar-refractivity contribution < 1.29 is 13.7 Å². The molecule has 0 bridgehead atoms. The van der Waals surface area contributed by atoms with Crippen molar-refractivity contribution in [2.24, 2.45) is 0 Å². The fourth-order valence-corrected chi connectivity index (χ4v) is 3.43. The number of benzene rings is 1. The van der Waals surface area contributed by atoms with Crippen LogP contribution in [0.25, 0.3) is 0 Å². The van der Waals surface area contributed by atoms with Crippen LogP contribution in [0.15, 0.2) is 24.3 Å². The lowest BCUT2D eigenvalue weighted by molar-refractivity contribution is -0.129. The van der Waals surface area contributed by atoms with Crippen molar-refractivity contribution in [2.45, 2.75) is 19.1 Å². The summed E-state index contributed by atoms with van der Waals surface area (Å²) in [7, 11) is 0.678. The molecule has 3 unspecified atom stereocenters. The van der Waals surface area contributed by atoms with Gasteiger partial charge in [-0.05, 0) is 13.0 Å². The Kier molecular flexibility index (Phi) is 4.77. The number of carbonyl (C=O) groups is 1. The first-order valence-electron chi connectivity index (χ1n) is 6.52. The molecule has 0 spiro atoms. The number of para-hydroxylation sites is 1. The van der Waals surface area contributed by atoms with Gasteiger partial charge in [0.25, 0.3) is 0 Å². The molecule has 0 saturated carbocycles. The molecule has 0 aliphatic carbocycles. The molecule has 110 valence electrons. The highest BCUT2D eigenvalue weighted by atomic mass is 32.2. The van der Waals surface area contributed by atoms with Gasteiger partial charge in [-0.25, -0.2) is 0 Å². The highest BCUT2D eigenvalue weighted by Gasteiger charge is 2.36. The molecule has 1 N–H and O–H groups in total. The van der Waals surface area contributed by atoms with Crippen molar-refractivity contribution in [3.8, 4) is 5.75 Å². The zero-order chi connectivity index (χ0) is 14.7. The molecule has 1 saturated heterocycles. The van der Waals surface area contributed by atoms with Crippen molar-refractivity contribution in [3.63, 3.8) is 0 Å². The fourth-order valence-electron chi connectivity index (χ4n) is 2.59. The smallest absolute Gasteiger partial charge is 0.238 e. The molecule has 6 heteroatoms. The number of carbonyl (C=O) groups excluding carboxylic acids is 1. The maximum atomic E-state index is 12.1. The molecule has 20 heavy (non-hydrogen) atoms. The van der Waals surface area contributed by atoms with Gasteiger partial charge in [-0.2, -0.15) is 0 Å². The summed E-state index contributed by atoms with van der Waals surface area (Å²) in [4.78, 5) is 13.9. The van der Waals surface area contributed by atoms with Crippen molar-refractivity contribution in [2.75, 3.05) is 25.7 Å². The number of ether oxygens (including phenoxy) is 1. The van der Waals surface area contributed by atoms with Gasteiger partial charge < -0.3 is 9.64 Å². The molecule has 1 aromatic carbocycles. The van der Waals surface area contributed by atoms with Crippen molar-refractivity contribution in [3.05, 3.63) is 29.8 Å². The lowest BCUT2D eigenvalue weighted by atomic mass is 10.1. The Morgan fingerprint density at radius 1 is 1.50 bits per heavy atom. The van der Waals surface area contributed by atoms with Crippen LogP contribution >= 0.6 is 0 Å². The van der Waals surface area contributed by atoms with Gasteiger partial charge in [0.2, 0.25) is 5.91 Å². The third kappa shape index (κ3) is 3.02. The lowest BCUT2D eigenvalue weighted by Gasteiger charge is -2.31. The lowest BCUT2D eigenvalue weighted by Crippen LogP contribution is -2.40. The van der Waals surface area contributed by atoms with Crippen LogP contribution in [0.2, 0.25) is 0 Å². The predicted octanol–water partition coefficient (Wildman–Crippen LogP) is 0.893. The van der Waals surface area contributed by atoms with E-state index < -0.39 is 10.8 Å². The van der Waals surface area contributed by atoms with Gasteiger partial charge in [-0.15, -0.1) is 0 Å². The van der Waals surface area contributed by atoms with E-state index in [-0.39, 0.29) is 18.1 Å². The predicted molar refractivity (Wildman–Crippen MR) is 79.0 cm³/mol. The van der Waals surface area contributed by atoms with E-state index in [9.17, 15) is 9.00 Å². The van der Waals surface area contributed by atoms with Crippen LogP contribution in [0.1, 0.15) is 18.7 Å². The highest BCUT2D eigenvalue weighted by molar-refractivity contribution is 7.84. The molecule has 3 atom stereocenters. The maximum Gasteiger partial charge on any atom is 0.238 e. The van der Waals surface area contributed by atoms with Crippen LogP contribution in [0.4, 0.5) is 0 Å². The second kappa shape index (κ2) is 6.37. The Morgan fingerprint density at radius 2 is 2.20 bits per heavy atom. The zero-order valence-corrected chi connectivity index (χ0v) is 12.8. The summed E-state index contributed by atoms with van der Waals surface area (Å²) in [6.45, 7) is 2.22. The Bertz CT molecular complexity index is 521. The molecule has 2 rings (SSSR count). The van der Waals surface area contributed by atoms with Crippen LogP contribution in [0.5, 0.6) is 5.75 Å². The van der Waals surface area contributed by atoms with Gasteiger partial charge >= 0.3 is 0 Å². The molecule has 1 aliphatic heterocycles. The third-order valence-corrected chi connectivity index (χ3v) is 4.35. The first kappa shape index (κ1) is 15.0. The number of hydrogen-bond acceptors (Lipinski definition) is 4. The molecule has 0 radical (unpaired) electrons. The summed E-state index contributed by atoms with van der Waals surface area (Å²) in [5.74, 6) is 1.24. The Balaban J connectivity index is 2.30. The quantitative estimate of drug-likeness (QED) is 0.877. The normalized spacial score (nSPS) is 21.9. The van der Waals surface area contributed by atoms with E-state index in [2.05, 4.69) is 5.32 Å². The van der Waals surface area contributed by atoms with Crippen LogP contribution in [0.3, 0.4) is 0 Å². The number of nitrogens with one attached hydrogen (secondary N) is 1. The molecular formula is C14H20N2O3S. The van der Waals surface area contributed by atoms with E-state index >= 15 is 0 Å². The Morgan fingerprint density at radius 3 is 2.85 bits per heavy atom. The number of rotatable bonds is 5. The van der Waals surface area contributed by atoms with E-state index in [1.165, 1.54) is 0 Å². The van der Waals surface area contributed by atoms with Gasteiger partial charge in [0, 0.05) is 34.4 Å². The number of amides is 1. The summed E-state index contributed by atoms with van der Waals surface area (Å²) < 4.78 is 16.8. The topological polar surface area (TPSA) is 58.6 Å². The second-order valence-electron chi connectivity index (χ2n) is 4.92. The zero-order valence-electron chi connectivity index (χ0n) is 12.0. The molecular weight excluding hydrogens is 276 g/mol. The third-order valence-electron chi connectivity index (χ3n) is 3.40. The maximum absolute atomic E-state index is 12.1. The van der Waals surface area contributed by atoms with Crippen molar-refractivity contribution in [1.82, 2.24) is 10.2 Å². The number of nitrogens with zero attached hydrogens (tertiary/aromatic N) is 1. The number of hydrogen-bond donors (Lipinski definition) is 1. The molecule has 0 aromatic heterocycles. The molecule has 5 nitrogen and oxygen atoms in total. The Hall–Kier alpha value is -1.40. The SMILES string of the molecule is COc1ccccc1C1NCC(=O)N1C(C)CS(C)=O. The van der Waals surface area contributed by atoms with E-state index in [4.69, 9.17) is 4.74 Å². The first-order chi connectivity index (χ1) is 9.54. The summed E-state index contributed by atoms with van der Waals surface area (Å²) in [6, 6.07) is 7.55. The van der Waals surface area contributed by atoms with Crippen molar-refractivity contribution >= 4 is 16.7 Å². The molecule has 1 aliphatic rings. The van der Waals surface area contributed by atoms with Gasteiger partial charge in [-0.1, -0.05) is 18.2 Å². The van der Waals surface area contributed by atoms with Crippen molar-refractivity contribution in [1.29, 1.82) is 0 Å². The average molecular weight is 296 g/mol. The largest absolute Gasteiger partial charge is 0.496 e. The van der Waals surface area contributed by atoms with Crippen LogP contribution in [-0.2, 0) is 15.6 Å². The molecule has 1 fully saturated rings. The minimum Gasteiger partial charge on any atom is -0.496 e. The van der Waals surface area contributed by atoms with Gasteiger partial charge in [0.05, 0.1) is 13.7 Å². The minimum absolute atomic E-state index is 0.0267. The average Bonchev–Trinajstić information content (AvgIpc) is 2.79. The molecule has 1 heterocycles. The summed E-state index contributed by atoms with van der Waals surface area (Å²) in [5.41, 5.74) is 0.926. The summed E-state index contributed by atoms with van der Waals surface area (Å²) in [6.07, 6.45) is 1.43. The first-order valence-corrected chi connectivity index (χ1v) is 8.24. The van der Waals surface area contributed by atoms with Crippen LogP contribution < -0.4 is 10.1 Å². The molecule has 1 aromatic rings. The van der Waals surface area contributed by atoms with E-state index in [1.54, 1.807) is 18.3 Å². The van der Waals surface area contributed by atoms with Gasteiger partial charge in [0.1, 0.15) is 11.9 Å². The van der Waals surface area contributed by atoms with Crippen LogP contribution in [-0.4, -0.2) is 46.7 Å². The monoisotopic (exact) mass is 296 g/mol. The Labute approximate surface area is 121 Å². The number of methoxy groups -OCH3 is 1.